The number of amides is 1. The molecule has 3 rings (SSSR count). The van der Waals surface area contributed by atoms with Crippen LogP contribution in [-0.4, -0.2) is 20.1 Å². The molecule has 6 heteroatoms. The Morgan fingerprint density at radius 3 is 2.55 bits per heavy atom. The first kappa shape index (κ1) is 14.7. The molecule has 0 aliphatic carbocycles. The zero-order valence-corrected chi connectivity index (χ0v) is 12.9. The number of nitrogens with one attached hydrogen (secondary N) is 1. The Hall–Kier alpha value is -2.24. The molecule has 0 radical (unpaired) electrons. The van der Waals surface area contributed by atoms with E-state index in [9.17, 15) is 4.79 Å². The predicted molar refractivity (Wildman–Crippen MR) is 84.6 cm³/mol. The van der Waals surface area contributed by atoms with Crippen LogP contribution in [0.4, 0.5) is 5.69 Å². The van der Waals surface area contributed by atoms with Crippen molar-refractivity contribution in [3.63, 3.8) is 0 Å². The number of carbonyl (C=O) groups is 1. The number of carbonyl (C=O) groups excluding carboxylic acids is 1. The van der Waals surface area contributed by atoms with Crippen molar-refractivity contribution in [3.05, 3.63) is 52.5 Å². The fraction of sp³-hybridized carbons (Fsp3) is 0.188. The van der Waals surface area contributed by atoms with Gasteiger partial charge in [0.1, 0.15) is 11.5 Å². The number of halogens is 1. The van der Waals surface area contributed by atoms with Crippen molar-refractivity contribution in [2.45, 2.75) is 5.54 Å². The molecule has 1 heterocycles. The molecule has 1 atom stereocenters. The number of methoxy groups -OCH3 is 2. The molecule has 1 aliphatic rings. The average molecular weight is 319 g/mol. The predicted octanol–water partition coefficient (Wildman–Crippen LogP) is 2.51. The Kier molecular flexibility index (Phi) is 3.47. The van der Waals surface area contributed by atoms with E-state index in [1.54, 1.807) is 43.5 Å². The smallest absolute Gasteiger partial charge is 0.253 e. The fourth-order valence-corrected chi connectivity index (χ4v) is 2.86. The first-order chi connectivity index (χ1) is 10.5. The largest absolute Gasteiger partial charge is 0.497 e. The molecule has 0 saturated carbocycles. The molecule has 0 fully saturated rings. The van der Waals surface area contributed by atoms with Gasteiger partial charge in [0.25, 0.3) is 5.91 Å². The molecular formula is C16H15ClN2O3. The van der Waals surface area contributed by atoms with Gasteiger partial charge in [-0.15, -0.1) is 0 Å². The molecule has 1 unspecified atom stereocenters. The molecule has 2 aromatic rings. The van der Waals surface area contributed by atoms with E-state index in [-0.39, 0.29) is 5.91 Å². The van der Waals surface area contributed by atoms with Crippen molar-refractivity contribution < 1.29 is 14.3 Å². The lowest BCUT2D eigenvalue weighted by atomic mass is 9.84. The molecule has 2 aromatic carbocycles. The van der Waals surface area contributed by atoms with Crippen molar-refractivity contribution in [1.29, 1.82) is 0 Å². The Morgan fingerprint density at radius 2 is 1.86 bits per heavy atom. The molecule has 0 saturated heterocycles. The lowest BCUT2D eigenvalue weighted by Gasteiger charge is -2.25. The monoisotopic (exact) mass is 318 g/mol. The molecule has 1 aliphatic heterocycles. The topological polar surface area (TPSA) is 73.6 Å². The van der Waals surface area contributed by atoms with Gasteiger partial charge in [0.2, 0.25) is 0 Å². The lowest BCUT2D eigenvalue weighted by Crippen LogP contribution is -2.44. The van der Waals surface area contributed by atoms with Crippen LogP contribution in [-0.2, 0) is 10.3 Å². The van der Waals surface area contributed by atoms with E-state index >= 15 is 0 Å². The van der Waals surface area contributed by atoms with Crippen LogP contribution in [0.2, 0.25) is 5.02 Å². The van der Waals surface area contributed by atoms with Gasteiger partial charge < -0.3 is 20.5 Å². The molecule has 0 aromatic heterocycles. The number of hydrogen-bond donors (Lipinski definition) is 2. The zero-order chi connectivity index (χ0) is 15.9. The first-order valence-corrected chi connectivity index (χ1v) is 7.01. The van der Waals surface area contributed by atoms with Crippen molar-refractivity contribution in [2.75, 3.05) is 19.5 Å². The number of ether oxygens (including phenoxy) is 2. The Balaban J connectivity index is 2.27. The summed E-state index contributed by atoms with van der Waals surface area (Å²) in [5, 5.41) is 3.29. The van der Waals surface area contributed by atoms with E-state index in [1.165, 1.54) is 7.11 Å². The summed E-state index contributed by atoms with van der Waals surface area (Å²) in [6, 6.07) is 10.3. The number of anilines is 1. The van der Waals surface area contributed by atoms with Crippen LogP contribution in [0.5, 0.6) is 11.5 Å². The summed E-state index contributed by atoms with van der Waals surface area (Å²) in [6.07, 6.45) is 0. The minimum atomic E-state index is -1.39. The molecule has 22 heavy (non-hydrogen) atoms. The third-order valence-electron chi connectivity index (χ3n) is 3.84. The van der Waals surface area contributed by atoms with Gasteiger partial charge in [-0.3, -0.25) is 4.79 Å². The van der Waals surface area contributed by atoms with Gasteiger partial charge in [-0.1, -0.05) is 11.6 Å². The highest BCUT2D eigenvalue weighted by molar-refractivity contribution is 6.31. The molecule has 0 spiro atoms. The minimum Gasteiger partial charge on any atom is -0.497 e. The second kappa shape index (κ2) is 5.19. The summed E-state index contributed by atoms with van der Waals surface area (Å²) in [5.41, 5.74) is 6.88. The minimum absolute atomic E-state index is 0.337. The average Bonchev–Trinajstić information content (AvgIpc) is 2.79. The van der Waals surface area contributed by atoms with Crippen LogP contribution in [0.25, 0.3) is 0 Å². The quantitative estimate of drug-likeness (QED) is 0.912. The SMILES string of the molecule is COc1ccc(OC)c(C2(N)C(=O)Nc3ccc(Cl)cc32)c1. The van der Waals surface area contributed by atoms with Crippen molar-refractivity contribution >= 4 is 23.2 Å². The standard InChI is InChI=1S/C16H15ClN2O3/c1-21-10-4-6-14(22-2)12(8-10)16(18)11-7-9(17)3-5-13(11)19-15(16)20/h3-8H,18H2,1-2H3,(H,19,20). The second-order valence-corrected chi connectivity index (χ2v) is 5.45. The third-order valence-corrected chi connectivity index (χ3v) is 4.08. The van der Waals surface area contributed by atoms with Gasteiger partial charge in [-0.2, -0.15) is 0 Å². The van der Waals surface area contributed by atoms with Gasteiger partial charge in [0, 0.05) is 21.8 Å². The number of hydrogen-bond acceptors (Lipinski definition) is 4. The summed E-state index contributed by atoms with van der Waals surface area (Å²) in [4.78, 5) is 12.6. The van der Waals surface area contributed by atoms with Gasteiger partial charge in [-0.05, 0) is 36.4 Å². The number of benzene rings is 2. The van der Waals surface area contributed by atoms with E-state index in [1.807, 2.05) is 0 Å². The molecular weight excluding hydrogens is 304 g/mol. The number of nitrogens with two attached hydrogens (primary N) is 1. The van der Waals surface area contributed by atoms with Crippen LogP contribution in [0.15, 0.2) is 36.4 Å². The van der Waals surface area contributed by atoms with Gasteiger partial charge in [0.05, 0.1) is 14.2 Å². The van der Waals surface area contributed by atoms with Gasteiger partial charge in [-0.25, -0.2) is 0 Å². The van der Waals surface area contributed by atoms with Crippen molar-refractivity contribution in [1.82, 2.24) is 0 Å². The van der Waals surface area contributed by atoms with Crippen LogP contribution < -0.4 is 20.5 Å². The molecule has 114 valence electrons. The van der Waals surface area contributed by atoms with E-state index in [4.69, 9.17) is 26.8 Å². The van der Waals surface area contributed by atoms with Gasteiger partial charge >= 0.3 is 0 Å². The van der Waals surface area contributed by atoms with Gasteiger partial charge in [0.15, 0.2) is 5.54 Å². The van der Waals surface area contributed by atoms with Crippen LogP contribution in [0.3, 0.4) is 0 Å². The van der Waals surface area contributed by atoms with Crippen LogP contribution >= 0.6 is 11.6 Å². The second-order valence-electron chi connectivity index (χ2n) is 5.02. The highest BCUT2D eigenvalue weighted by Crippen LogP contribution is 2.44. The summed E-state index contributed by atoms with van der Waals surface area (Å²) >= 11 is 6.07. The maximum Gasteiger partial charge on any atom is 0.253 e. The van der Waals surface area contributed by atoms with E-state index in [0.29, 0.717) is 33.3 Å². The summed E-state index contributed by atoms with van der Waals surface area (Å²) in [6.45, 7) is 0. The van der Waals surface area contributed by atoms with Crippen LogP contribution in [0, 0.1) is 0 Å². The van der Waals surface area contributed by atoms with E-state index in [2.05, 4.69) is 5.32 Å². The van der Waals surface area contributed by atoms with E-state index < -0.39 is 5.54 Å². The Labute approximate surface area is 133 Å². The highest BCUT2D eigenvalue weighted by Gasteiger charge is 2.47. The number of rotatable bonds is 3. The van der Waals surface area contributed by atoms with Crippen LogP contribution in [0.1, 0.15) is 11.1 Å². The Bertz CT molecular complexity index is 763. The molecule has 3 N–H and O–H groups in total. The summed E-state index contributed by atoms with van der Waals surface area (Å²) < 4.78 is 10.6. The van der Waals surface area contributed by atoms with Crippen molar-refractivity contribution in [3.8, 4) is 11.5 Å². The summed E-state index contributed by atoms with van der Waals surface area (Å²) in [7, 11) is 3.08. The van der Waals surface area contributed by atoms with Crippen molar-refractivity contribution in [2.24, 2.45) is 5.73 Å². The first-order valence-electron chi connectivity index (χ1n) is 6.63. The Morgan fingerprint density at radius 1 is 1.09 bits per heavy atom. The highest BCUT2D eigenvalue weighted by atomic mass is 35.5. The van der Waals surface area contributed by atoms with E-state index in [0.717, 1.165) is 0 Å². The molecule has 0 bridgehead atoms. The molecule has 5 nitrogen and oxygen atoms in total. The fourth-order valence-electron chi connectivity index (χ4n) is 2.68. The normalized spacial score (nSPS) is 19.5. The lowest BCUT2D eigenvalue weighted by molar-refractivity contribution is -0.119. The maximum absolute atomic E-state index is 12.6. The molecule has 1 amide bonds. The third kappa shape index (κ3) is 2.01. The maximum atomic E-state index is 12.6. The number of fused-ring (bicyclic) bond motifs is 1. The summed E-state index contributed by atoms with van der Waals surface area (Å²) in [5.74, 6) is 0.756. The zero-order valence-electron chi connectivity index (χ0n) is 12.1.